The molecule has 0 unspecified atom stereocenters. The molecule has 0 radical (unpaired) electrons. The quantitative estimate of drug-likeness (QED) is 0.845. The standard InChI is InChI=1S/C12H8F4N2O2S/c13-7-3-6(12(14,15)16)1-2-8(7)17-4-10-18-9(5-21-10)11(19)20/h1-3,5,17H,4H2,(H,19,20). The van der Waals surface area contributed by atoms with Crippen molar-refractivity contribution in [3.05, 3.63) is 45.7 Å². The third-order valence-corrected chi connectivity index (χ3v) is 3.35. The van der Waals surface area contributed by atoms with Crippen LogP contribution in [0, 0.1) is 5.82 Å². The van der Waals surface area contributed by atoms with Crippen LogP contribution in [0.1, 0.15) is 21.1 Å². The Labute approximate surface area is 120 Å². The van der Waals surface area contributed by atoms with Gasteiger partial charge in [-0.05, 0) is 18.2 Å². The first-order valence-electron chi connectivity index (χ1n) is 5.55. The Morgan fingerprint density at radius 3 is 2.62 bits per heavy atom. The van der Waals surface area contributed by atoms with E-state index in [2.05, 4.69) is 10.3 Å². The van der Waals surface area contributed by atoms with Crippen LogP contribution in [0.15, 0.2) is 23.6 Å². The Hall–Kier alpha value is -2.16. The molecule has 0 aliphatic rings. The second-order valence-electron chi connectivity index (χ2n) is 3.98. The smallest absolute Gasteiger partial charge is 0.416 e. The maximum Gasteiger partial charge on any atom is 0.416 e. The van der Waals surface area contributed by atoms with Gasteiger partial charge in [0.25, 0.3) is 0 Å². The number of aromatic nitrogens is 1. The predicted octanol–water partition coefficient (Wildman–Crippen LogP) is 3.61. The lowest BCUT2D eigenvalue weighted by molar-refractivity contribution is -0.137. The highest BCUT2D eigenvalue weighted by Crippen LogP contribution is 2.31. The topological polar surface area (TPSA) is 62.2 Å². The first kappa shape index (κ1) is 15.2. The first-order valence-corrected chi connectivity index (χ1v) is 6.43. The van der Waals surface area contributed by atoms with E-state index in [-0.39, 0.29) is 17.9 Å². The summed E-state index contributed by atoms with van der Waals surface area (Å²) in [6.07, 6.45) is -4.61. The van der Waals surface area contributed by atoms with Crippen LogP contribution in [0.5, 0.6) is 0 Å². The summed E-state index contributed by atoms with van der Waals surface area (Å²) in [4.78, 5) is 14.4. The van der Waals surface area contributed by atoms with Crippen LogP contribution in [0.3, 0.4) is 0 Å². The number of nitrogens with one attached hydrogen (secondary N) is 1. The maximum absolute atomic E-state index is 13.5. The van der Waals surface area contributed by atoms with Crippen LogP contribution in [0.4, 0.5) is 23.2 Å². The largest absolute Gasteiger partial charge is 0.476 e. The molecule has 4 nitrogen and oxygen atoms in total. The van der Waals surface area contributed by atoms with Crippen molar-refractivity contribution in [3.8, 4) is 0 Å². The van der Waals surface area contributed by atoms with Gasteiger partial charge in [-0.15, -0.1) is 11.3 Å². The average molecular weight is 320 g/mol. The number of rotatable bonds is 4. The molecule has 9 heteroatoms. The highest BCUT2D eigenvalue weighted by atomic mass is 32.1. The molecule has 2 aromatic rings. The van der Waals surface area contributed by atoms with E-state index < -0.39 is 23.5 Å². The van der Waals surface area contributed by atoms with Gasteiger partial charge in [0.15, 0.2) is 5.69 Å². The van der Waals surface area contributed by atoms with E-state index in [0.717, 1.165) is 23.5 Å². The van der Waals surface area contributed by atoms with E-state index in [1.165, 1.54) is 5.38 Å². The van der Waals surface area contributed by atoms with Gasteiger partial charge < -0.3 is 10.4 Å². The lowest BCUT2D eigenvalue weighted by atomic mass is 10.2. The minimum absolute atomic E-state index is 0.0141. The van der Waals surface area contributed by atoms with Crippen molar-refractivity contribution in [1.82, 2.24) is 4.98 Å². The number of hydrogen-bond acceptors (Lipinski definition) is 4. The number of anilines is 1. The number of carboxylic acids is 1. The third-order valence-electron chi connectivity index (χ3n) is 2.50. The molecule has 0 aliphatic heterocycles. The van der Waals surface area contributed by atoms with Gasteiger partial charge in [0, 0.05) is 5.38 Å². The van der Waals surface area contributed by atoms with Crippen molar-refractivity contribution in [1.29, 1.82) is 0 Å². The zero-order valence-electron chi connectivity index (χ0n) is 10.2. The van der Waals surface area contributed by atoms with Gasteiger partial charge in [-0.3, -0.25) is 0 Å². The molecular formula is C12H8F4N2O2S. The molecule has 0 bridgehead atoms. The molecule has 1 aromatic carbocycles. The molecule has 21 heavy (non-hydrogen) atoms. The number of benzene rings is 1. The number of hydrogen-bond donors (Lipinski definition) is 2. The molecule has 0 atom stereocenters. The third kappa shape index (κ3) is 3.69. The summed E-state index contributed by atoms with van der Waals surface area (Å²) in [5.74, 6) is -2.22. The van der Waals surface area contributed by atoms with Crippen LogP contribution >= 0.6 is 11.3 Å². The summed E-state index contributed by atoms with van der Waals surface area (Å²) in [5, 5.41) is 13.0. The SMILES string of the molecule is O=C(O)c1csc(CNc2ccc(C(F)(F)F)cc2F)n1. The number of nitrogens with zero attached hydrogens (tertiary/aromatic N) is 1. The number of carbonyl (C=O) groups is 1. The van der Waals surface area contributed by atoms with Gasteiger partial charge in [-0.1, -0.05) is 0 Å². The lowest BCUT2D eigenvalue weighted by Crippen LogP contribution is -2.07. The van der Waals surface area contributed by atoms with Gasteiger partial charge >= 0.3 is 12.1 Å². The fourth-order valence-electron chi connectivity index (χ4n) is 1.50. The summed E-state index contributed by atoms with van der Waals surface area (Å²) in [6.45, 7) is 0.0141. The molecule has 0 saturated carbocycles. The van der Waals surface area contributed by atoms with Crippen LogP contribution in [0.2, 0.25) is 0 Å². The Balaban J connectivity index is 2.08. The lowest BCUT2D eigenvalue weighted by Gasteiger charge is -2.10. The van der Waals surface area contributed by atoms with E-state index in [9.17, 15) is 22.4 Å². The number of alkyl halides is 3. The van der Waals surface area contributed by atoms with Crippen LogP contribution in [-0.2, 0) is 12.7 Å². The number of thiazole rings is 1. The normalized spacial score (nSPS) is 11.4. The zero-order valence-corrected chi connectivity index (χ0v) is 11.1. The van der Waals surface area contributed by atoms with Gasteiger partial charge in [0.2, 0.25) is 0 Å². The van der Waals surface area contributed by atoms with Gasteiger partial charge in [-0.2, -0.15) is 13.2 Å². The van der Waals surface area contributed by atoms with Gasteiger partial charge in [0.05, 0.1) is 17.8 Å². The Kier molecular flexibility index (Phi) is 4.12. The number of carboxylic acid groups (broad SMARTS) is 1. The Bertz CT molecular complexity index is 670. The fourth-order valence-corrected chi connectivity index (χ4v) is 2.20. The minimum atomic E-state index is -4.61. The molecule has 0 amide bonds. The molecule has 0 saturated heterocycles. The van der Waals surface area contributed by atoms with Crippen molar-refractivity contribution in [2.45, 2.75) is 12.7 Å². The van der Waals surface area contributed by atoms with Crippen molar-refractivity contribution in [3.63, 3.8) is 0 Å². The second kappa shape index (κ2) is 5.68. The molecular weight excluding hydrogens is 312 g/mol. The summed E-state index contributed by atoms with van der Waals surface area (Å²) in [7, 11) is 0. The minimum Gasteiger partial charge on any atom is -0.476 e. The molecule has 2 rings (SSSR count). The highest BCUT2D eigenvalue weighted by molar-refractivity contribution is 7.09. The van der Waals surface area contributed by atoms with E-state index >= 15 is 0 Å². The Morgan fingerprint density at radius 2 is 2.10 bits per heavy atom. The van der Waals surface area contributed by atoms with Gasteiger partial charge in [0.1, 0.15) is 10.8 Å². The summed E-state index contributed by atoms with van der Waals surface area (Å²) < 4.78 is 50.7. The molecule has 2 N–H and O–H groups in total. The molecule has 0 aliphatic carbocycles. The predicted molar refractivity (Wildman–Crippen MR) is 67.8 cm³/mol. The van der Waals surface area contributed by atoms with E-state index in [1.807, 2.05) is 0 Å². The molecule has 1 aromatic heterocycles. The van der Waals surface area contributed by atoms with E-state index in [4.69, 9.17) is 5.11 Å². The number of aromatic carboxylic acids is 1. The molecule has 0 spiro atoms. The Morgan fingerprint density at radius 1 is 1.38 bits per heavy atom. The van der Waals surface area contributed by atoms with E-state index in [1.54, 1.807) is 0 Å². The molecule has 0 fully saturated rings. The van der Waals surface area contributed by atoms with E-state index in [0.29, 0.717) is 11.1 Å². The van der Waals surface area contributed by atoms with Crippen molar-refractivity contribution >= 4 is 23.0 Å². The van der Waals surface area contributed by atoms with Gasteiger partial charge in [-0.25, -0.2) is 14.2 Å². The summed E-state index contributed by atoms with van der Waals surface area (Å²) >= 11 is 1.05. The summed E-state index contributed by atoms with van der Waals surface area (Å²) in [6, 6.07) is 2.13. The highest BCUT2D eigenvalue weighted by Gasteiger charge is 2.31. The molecule has 1 heterocycles. The van der Waals surface area contributed by atoms with Crippen LogP contribution in [-0.4, -0.2) is 16.1 Å². The summed E-state index contributed by atoms with van der Waals surface area (Å²) in [5.41, 5.74) is -1.33. The number of halogens is 4. The molecule has 112 valence electrons. The first-order chi connectivity index (χ1) is 9.77. The maximum atomic E-state index is 13.5. The van der Waals surface area contributed by atoms with Crippen LogP contribution in [0.25, 0.3) is 0 Å². The van der Waals surface area contributed by atoms with Crippen LogP contribution < -0.4 is 5.32 Å². The van der Waals surface area contributed by atoms with Crippen molar-refractivity contribution in [2.24, 2.45) is 0 Å². The van der Waals surface area contributed by atoms with Crippen molar-refractivity contribution in [2.75, 3.05) is 5.32 Å². The monoisotopic (exact) mass is 320 g/mol. The fraction of sp³-hybridized carbons (Fsp3) is 0.167. The second-order valence-corrected chi connectivity index (χ2v) is 4.92. The zero-order chi connectivity index (χ0) is 15.6. The average Bonchev–Trinajstić information content (AvgIpc) is 2.85. The van der Waals surface area contributed by atoms with Crippen molar-refractivity contribution < 1.29 is 27.5 Å².